The van der Waals surface area contributed by atoms with Gasteiger partial charge in [0.15, 0.2) is 0 Å². The quantitative estimate of drug-likeness (QED) is 0.500. The van der Waals surface area contributed by atoms with Crippen molar-refractivity contribution in [2.24, 2.45) is 0 Å². The third-order valence-corrected chi connectivity index (χ3v) is 0.992. The van der Waals surface area contributed by atoms with Crippen molar-refractivity contribution in [1.82, 2.24) is 0 Å². The number of hydrogen-bond donors (Lipinski definition) is 0. The van der Waals surface area contributed by atoms with Gasteiger partial charge in [-0.25, -0.2) is 0 Å². The van der Waals surface area contributed by atoms with Gasteiger partial charge in [0.2, 0.25) is 0 Å². The van der Waals surface area contributed by atoms with Crippen molar-refractivity contribution < 1.29 is 0 Å². The van der Waals surface area contributed by atoms with Crippen LogP contribution in [0.3, 0.4) is 0 Å². The van der Waals surface area contributed by atoms with E-state index >= 15 is 0 Å². The lowest BCUT2D eigenvalue weighted by Crippen LogP contribution is -1.63. The van der Waals surface area contributed by atoms with Crippen LogP contribution in [0.5, 0.6) is 0 Å². The molecular formula is C6H11Cl. The van der Waals surface area contributed by atoms with Crippen LogP contribution >= 0.6 is 11.6 Å². The minimum Gasteiger partial charge on any atom is -0.0933 e. The van der Waals surface area contributed by atoms with Gasteiger partial charge in [0, 0.05) is 5.54 Å². The van der Waals surface area contributed by atoms with Gasteiger partial charge in [0.05, 0.1) is 0 Å². The molecule has 0 fully saturated rings. The zero-order valence-corrected chi connectivity index (χ0v) is 5.41. The van der Waals surface area contributed by atoms with E-state index in [2.05, 4.69) is 6.92 Å². The zero-order chi connectivity index (χ0) is 5.54. The summed E-state index contributed by atoms with van der Waals surface area (Å²) >= 11 is 5.26. The van der Waals surface area contributed by atoms with Crippen LogP contribution in [-0.4, -0.2) is 0 Å². The first kappa shape index (κ1) is 7.03. The Balaban J connectivity index is 2.69. The molecule has 0 aliphatic carbocycles. The summed E-state index contributed by atoms with van der Waals surface area (Å²) in [4.78, 5) is 0. The second kappa shape index (κ2) is 6.03. The SMILES string of the molecule is CCCC/C=C\Cl. The number of hydrogen-bond acceptors (Lipinski definition) is 0. The van der Waals surface area contributed by atoms with Crippen molar-refractivity contribution in [2.75, 3.05) is 0 Å². The van der Waals surface area contributed by atoms with Gasteiger partial charge in [-0.3, -0.25) is 0 Å². The zero-order valence-electron chi connectivity index (χ0n) is 4.65. The van der Waals surface area contributed by atoms with Crippen LogP contribution in [0, 0.1) is 0 Å². The normalized spacial score (nSPS) is 10.6. The Morgan fingerprint density at radius 2 is 2.29 bits per heavy atom. The summed E-state index contributed by atoms with van der Waals surface area (Å²) in [5.74, 6) is 0. The third kappa shape index (κ3) is 6.03. The summed E-state index contributed by atoms with van der Waals surface area (Å²) in [5.41, 5.74) is 1.58. The Morgan fingerprint density at radius 3 is 2.71 bits per heavy atom. The average molecular weight is 119 g/mol. The van der Waals surface area contributed by atoms with E-state index in [9.17, 15) is 0 Å². The average Bonchev–Trinajstić information content (AvgIpc) is 1.69. The minimum atomic E-state index is 1.12. The molecule has 0 N–H and O–H groups in total. The summed E-state index contributed by atoms with van der Waals surface area (Å²) in [6.45, 7) is 2.17. The number of rotatable bonds is 3. The molecule has 0 nitrogen and oxygen atoms in total. The standard InChI is InChI=1S/C6H11Cl/c1-2-3-4-5-6-7/h5-6H,2-4H2,1H3/b6-5-. The Kier molecular flexibility index (Phi) is 6.06. The molecule has 0 unspecified atom stereocenters. The van der Waals surface area contributed by atoms with Crippen molar-refractivity contribution in [3.63, 3.8) is 0 Å². The van der Waals surface area contributed by atoms with Gasteiger partial charge >= 0.3 is 0 Å². The maximum atomic E-state index is 5.26. The van der Waals surface area contributed by atoms with Gasteiger partial charge < -0.3 is 0 Å². The lowest BCUT2D eigenvalue weighted by atomic mass is 10.3. The van der Waals surface area contributed by atoms with Crippen LogP contribution < -0.4 is 0 Å². The molecule has 0 aromatic carbocycles. The fourth-order valence-corrected chi connectivity index (χ4v) is 0.511. The molecule has 0 amide bonds. The molecule has 0 atom stereocenters. The first-order chi connectivity index (χ1) is 3.41. The first-order valence-corrected chi connectivity index (χ1v) is 3.10. The third-order valence-electron chi connectivity index (χ3n) is 0.813. The maximum Gasteiger partial charge on any atom is 0.000245 e. The lowest BCUT2D eigenvalue weighted by Gasteiger charge is -1.83. The van der Waals surface area contributed by atoms with E-state index in [1.807, 2.05) is 6.08 Å². The van der Waals surface area contributed by atoms with E-state index < -0.39 is 0 Å². The van der Waals surface area contributed by atoms with Gasteiger partial charge in [-0.2, -0.15) is 0 Å². The van der Waals surface area contributed by atoms with Crippen LogP contribution in [-0.2, 0) is 0 Å². The summed E-state index contributed by atoms with van der Waals surface area (Å²) < 4.78 is 0. The van der Waals surface area contributed by atoms with E-state index in [0.717, 1.165) is 6.42 Å². The summed E-state index contributed by atoms with van der Waals surface area (Å²) in [6.07, 6.45) is 5.61. The van der Waals surface area contributed by atoms with Crippen LogP contribution in [0.4, 0.5) is 0 Å². The van der Waals surface area contributed by atoms with Crippen LogP contribution in [0.25, 0.3) is 0 Å². The summed E-state index contributed by atoms with van der Waals surface area (Å²) in [7, 11) is 0. The lowest BCUT2D eigenvalue weighted by molar-refractivity contribution is 0.815. The van der Waals surface area contributed by atoms with E-state index in [0.29, 0.717) is 0 Å². The molecule has 0 spiro atoms. The molecule has 0 saturated heterocycles. The molecule has 42 valence electrons. The predicted molar refractivity (Wildman–Crippen MR) is 34.5 cm³/mol. The van der Waals surface area contributed by atoms with Crippen LogP contribution in [0.1, 0.15) is 26.2 Å². The van der Waals surface area contributed by atoms with E-state index in [1.54, 1.807) is 5.54 Å². The second-order valence-corrected chi connectivity index (χ2v) is 1.76. The molecule has 1 heteroatoms. The molecule has 0 saturated carbocycles. The largest absolute Gasteiger partial charge is 0.0933 e. The van der Waals surface area contributed by atoms with E-state index in [1.165, 1.54) is 12.8 Å². The molecule has 0 bridgehead atoms. The van der Waals surface area contributed by atoms with Gasteiger partial charge in [-0.05, 0) is 6.42 Å². The highest BCUT2D eigenvalue weighted by atomic mass is 35.5. The molecule has 0 rings (SSSR count). The fourth-order valence-electron chi connectivity index (χ4n) is 0.385. The maximum absolute atomic E-state index is 5.26. The molecule has 0 radical (unpaired) electrons. The molecule has 0 aromatic rings. The molecule has 0 heterocycles. The van der Waals surface area contributed by atoms with Crippen LogP contribution in [0.2, 0.25) is 0 Å². The van der Waals surface area contributed by atoms with Crippen molar-refractivity contribution in [1.29, 1.82) is 0 Å². The van der Waals surface area contributed by atoms with Crippen molar-refractivity contribution >= 4 is 11.6 Å². The second-order valence-electron chi connectivity index (χ2n) is 1.50. The Hall–Kier alpha value is 0.0300. The van der Waals surface area contributed by atoms with Gasteiger partial charge in [0.1, 0.15) is 0 Å². The fraction of sp³-hybridized carbons (Fsp3) is 0.667. The van der Waals surface area contributed by atoms with Crippen molar-refractivity contribution in [3.8, 4) is 0 Å². The number of allylic oxidation sites excluding steroid dienone is 1. The van der Waals surface area contributed by atoms with Crippen molar-refractivity contribution in [3.05, 3.63) is 11.6 Å². The summed E-state index contributed by atoms with van der Waals surface area (Å²) in [5, 5.41) is 0. The molecular weight excluding hydrogens is 108 g/mol. The first-order valence-electron chi connectivity index (χ1n) is 2.67. The highest BCUT2D eigenvalue weighted by Crippen LogP contribution is 1.94. The number of unbranched alkanes of at least 4 members (excludes halogenated alkanes) is 2. The summed E-state index contributed by atoms with van der Waals surface area (Å²) in [6, 6.07) is 0. The predicted octanol–water partition coefficient (Wildman–Crippen LogP) is 2.93. The monoisotopic (exact) mass is 118 g/mol. The van der Waals surface area contributed by atoms with E-state index in [4.69, 9.17) is 11.6 Å². The van der Waals surface area contributed by atoms with E-state index in [-0.39, 0.29) is 0 Å². The van der Waals surface area contributed by atoms with Gasteiger partial charge in [-0.1, -0.05) is 37.4 Å². The van der Waals surface area contributed by atoms with Crippen LogP contribution in [0.15, 0.2) is 11.6 Å². The minimum absolute atomic E-state index is 1.12. The molecule has 0 aliphatic heterocycles. The Labute approximate surface area is 50.2 Å². The molecule has 7 heavy (non-hydrogen) atoms. The molecule has 0 aromatic heterocycles. The Bertz CT molecular complexity index is 48.1. The topological polar surface area (TPSA) is 0 Å². The van der Waals surface area contributed by atoms with Gasteiger partial charge in [-0.15, -0.1) is 0 Å². The molecule has 0 aliphatic rings. The van der Waals surface area contributed by atoms with Gasteiger partial charge in [0.25, 0.3) is 0 Å². The van der Waals surface area contributed by atoms with Crippen molar-refractivity contribution in [2.45, 2.75) is 26.2 Å². The highest BCUT2D eigenvalue weighted by molar-refractivity contribution is 6.25. The highest BCUT2D eigenvalue weighted by Gasteiger charge is 1.73. The smallest absolute Gasteiger partial charge is 0.000245 e. The number of halogens is 1. The Morgan fingerprint density at radius 1 is 1.57 bits per heavy atom.